The van der Waals surface area contributed by atoms with Crippen LogP contribution in [-0.2, 0) is 4.79 Å². The zero-order chi connectivity index (χ0) is 15.8. The first kappa shape index (κ1) is 17.3. The second-order valence-corrected chi connectivity index (χ2v) is 5.37. The number of rotatable bonds is 9. The monoisotopic (exact) mass is 292 g/mol. The lowest BCUT2D eigenvalue weighted by atomic mass is 10.1. The van der Waals surface area contributed by atoms with Gasteiger partial charge in [-0.05, 0) is 44.5 Å². The van der Waals surface area contributed by atoms with Crippen LogP contribution in [-0.4, -0.2) is 37.3 Å². The molecule has 1 N–H and O–H groups in total. The van der Waals surface area contributed by atoms with Crippen molar-refractivity contribution in [3.63, 3.8) is 0 Å². The molecule has 21 heavy (non-hydrogen) atoms. The van der Waals surface area contributed by atoms with Gasteiger partial charge in [-0.15, -0.1) is 0 Å². The van der Waals surface area contributed by atoms with Crippen molar-refractivity contribution in [1.29, 1.82) is 0 Å². The van der Waals surface area contributed by atoms with E-state index in [0.29, 0.717) is 6.54 Å². The first-order valence-electron chi connectivity index (χ1n) is 7.86. The number of anilines is 2. The third kappa shape index (κ3) is 4.96. The van der Waals surface area contributed by atoms with E-state index in [4.69, 9.17) is 5.11 Å². The zero-order valence-electron chi connectivity index (χ0n) is 13.7. The molecule has 0 spiro atoms. The van der Waals surface area contributed by atoms with E-state index in [9.17, 15) is 4.79 Å². The SMILES string of the molecule is CCCN(CC(C)C(=O)O)c1ccc(N(CC)CC)cc1. The van der Waals surface area contributed by atoms with Crippen molar-refractivity contribution >= 4 is 17.3 Å². The first-order valence-corrected chi connectivity index (χ1v) is 7.86. The summed E-state index contributed by atoms with van der Waals surface area (Å²) in [7, 11) is 0. The normalized spacial score (nSPS) is 12.0. The average molecular weight is 292 g/mol. The number of carboxylic acids is 1. The van der Waals surface area contributed by atoms with Gasteiger partial charge in [-0.3, -0.25) is 4.79 Å². The van der Waals surface area contributed by atoms with Gasteiger partial charge >= 0.3 is 5.97 Å². The molecule has 0 amide bonds. The van der Waals surface area contributed by atoms with Crippen LogP contribution in [0.1, 0.15) is 34.1 Å². The summed E-state index contributed by atoms with van der Waals surface area (Å²) in [5.74, 6) is -1.10. The molecule has 0 aromatic heterocycles. The highest BCUT2D eigenvalue weighted by molar-refractivity contribution is 5.70. The number of benzene rings is 1. The minimum Gasteiger partial charge on any atom is -0.481 e. The van der Waals surface area contributed by atoms with E-state index < -0.39 is 5.97 Å². The van der Waals surface area contributed by atoms with Gasteiger partial charge in [-0.2, -0.15) is 0 Å². The molecule has 0 saturated heterocycles. The molecular formula is C17H28N2O2. The lowest BCUT2D eigenvalue weighted by Crippen LogP contribution is -2.32. The van der Waals surface area contributed by atoms with Gasteiger partial charge in [-0.25, -0.2) is 0 Å². The van der Waals surface area contributed by atoms with Crippen LogP contribution < -0.4 is 9.80 Å². The van der Waals surface area contributed by atoms with E-state index in [1.165, 1.54) is 5.69 Å². The number of nitrogens with zero attached hydrogens (tertiary/aromatic N) is 2. The smallest absolute Gasteiger partial charge is 0.308 e. The summed E-state index contributed by atoms with van der Waals surface area (Å²) in [6.07, 6.45) is 1.00. The summed E-state index contributed by atoms with van der Waals surface area (Å²) in [6.45, 7) is 11.6. The molecule has 1 unspecified atom stereocenters. The highest BCUT2D eigenvalue weighted by Gasteiger charge is 2.16. The Kier molecular flexibility index (Phi) is 7.06. The van der Waals surface area contributed by atoms with Crippen molar-refractivity contribution in [2.24, 2.45) is 5.92 Å². The Morgan fingerprint density at radius 1 is 1.05 bits per heavy atom. The van der Waals surface area contributed by atoms with Gasteiger partial charge in [0, 0.05) is 37.6 Å². The van der Waals surface area contributed by atoms with Crippen molar-refractivity contribution < 1.29 is 9.90 Å². The molecule has 0 bridgehead atoms. The fourth-order valence-electron chi connectivity index (χ4n) is 2.47. The molecule has 0 heterocycles. The molecule has 1 atom stereocenters. The minimum absolute atomic E-state index is 0.362. The highest BCUT2D eigenvalue weighted by atomic mass is 16.4. The molecule has 0 aliphatic carbocycles. The van der Waals surface area contributed by atoms with Gasteiger partial charge in [0.2, 0.25) is 0 Å². The van der Waals surface area contributed by atoms with E-state index in [2.05, 4.69) is 54.8 Å². The van der Waals surface area contributed by atoms with Crippen molar-refractivity contribution in [2.45, 2.75) is 34.1 Å². The van der Waals surface area contributed by atoms with Crippen LogP contribution in [0.2, 0.25) is 0 Å². The molecule has 0 saturated carbocycles. The van der Waals surface area contributed by atoms with Gasteiger partial charge in [0.05, 0.1) is 5.92 Å². The summed E-state index contributed by atoms with van der Waals surface area (Å²) in [6, 6.07) is 8.43. The van der Waals surface area contributed by atoms with Crippen molar-refractivity contribution in [3.05, 3.63) is 24.3 Å². The largest absolute Gasteiger partial charge is 0.481 e. The Labute approximate surface area is 128 Å². The molecule has 0 aliphatic rings. The highest BCUT2D eigenvalue weighted by Crippen LogP contribution is 2.22. The number of hydrogen-bond donors (Lipinski definition) is 1. The lowest BCUT2D eigenvalue weighted by molar-refractivity contribution is -0.140. The first-order chi connectivity index (χ1) is 10.0. The quantitative estimate of drug-likeness (QED) is 0.757. The van der Waals surface area contributed by atoms with Crippen molar-refractivity contribution in [3.8, 4) is 0 Å². The molecule has 0 fully saturated rings. The van der Waals surface area contributed by atoms with Crippen LogP contribution in [0.4, 0.5) is 11.4 Å². The maximum Gasteiger partial charge on any atom is 0.308 e. The Balaban J connectivity index is 2.86. The van der Waals surface area contributed by atoms with E-state index in [1.807, 2.05) is 0 Å². The standard InChI is InChI=1S/C17H28N2O2/c1-5-12-19(13-14(4)17(20)21)16-10-8-15(9-11-16)18(6-2)7-3/h8-11,14H,5-7,12-13H2,1-4H3,(H,20,21). The van der Waals surface area contributed by atoms with Crippen LogP contribution in [0, 0.1) is 5.92 Å². The molecule has 1 rings (SSSR count). The van der Waals surface area contributed by atoms with E-state index in [0.717, 1.165) is 31.7 Å². The predicted octanol–water partition coefficient (Wildman–Crippen LogP) is 3.47. The van der Waals surface area contributed by atoms with Gasteiger partial charge < -0.3 is 14.9 Å². The van der Waals surface area contributed by atoms with Gasteiger partial charge in [0.15, 0.2) is 0 Å². The Hall–Kier alpha value is -1.71. The fraction of sp³-hybridized carbons (Fsp3) is 0.588. The van der Waals surface area contributed by atoms with Crippen LogP contribution in [0.3, 0.4) is 0 Å². The Morgan fingerprint density at radius 2 is 1.52 bits per heavy atom. The predicted molar refractivity (Wildman–Crippen MR) is 89.3 cm³/mol. The molecule has 1 aromatic carbocycles. The number of carboxylic acid groups (broad SMARTS) is 1. The minimum atomic E-state index is -0.740. The van der Waals surface area contributed by atoms with Crippen molar-refractivity contribution in [2.75, 3.05) is 36.0 Å². The van der Waals surface area contributed by atoms with E-state index in [1.54, 1.807) is 6.92 Å². The number of hydrogen-bond acceptors (Lipinski definition) is 3. The number of aliphatic carboxylic acids is 1. The molecule has 0 radical (unpaired) electrons. The Bertz CT molecular complexity index is 427. The maximum atomic E-state index is 11.1. The molecule has 4 nitrogen and oxygen atoms in total. The van der Waals surface area contributed by atoms with Crippen LogP contribution in [0.15, 0.2) is 24.3 Å². The Morgan fingerprint density at radius 3 is 1.90 bits per heavy atom. The zero-order valence-corrected chi connectivity index (χ0v) is 13.7. The third-order valence-electron chi connectivity index (χ3n) is 3.75. The van der Waals surface area contributed by atoms with Gasteiger partial charge in [-0.1, -0.05) is 13.8 Å². The van der Waals surface area contributed by atoms with Crippen LogP contribution in [0.25, 0.3) is 0 Å². The molecule has 1 aromatic rings. The summed E-state index contributed by atoms with van der Waals surface area (Å²) in [5, 5.41) is 9.09. The second kappa shape index (κ2) is 8.55. The summed E-state index contributed by atoms with van der Waals surface area (Å²) < 4.78 is 0. The van der Waals surface area contributed by atoms with Gasteiger partial charge in [0.25, 0.3) is 0 Å². The van der Waals surface area contributed by atoms with Crippen LogP contribution >= 0.6 is 0 Å². The van der Waals surface area contributed by atoms with E-state index >= 15 is 0 Å². The molecule has 4 heteroatoms. The molecule has 118 valence electrons. The molecule has 0 aliphatic heterocycles. The maximum absolute atomic E-state index is 11.1. The second-order valence-electron chi connectivity index (χ2n) is 5.37. The fourth-order valence-corrected chi connectivity index (χ4v) is 2.47. The topological polar surface area (TPSA) is 43.8 Å². The molecular weight excluding hydrogens is 264 g/mol. The number of carbonyl (C=O) groups is 1. The average Bonchev–Trinajstić information content (AvgIpc) is 2.48. The summed E-state index contributed by atoms with van der Waals surface area (Å²) in [5.41, 5.74) is 2.31. The lowest BCUT2D eigenvalue weighted by Gasteiger charge is -2.27. The summed E-state index contributed by atoms with van der Waals surface area (Å²) >= 11 is 0. The van der Waals surface area contributed by atoms with Crippen molar-refractivity contribution in [1.82, 2.24) is 0 Å². The summed E-state index contributed by atoms with van der Waals surface area (Å²) in [4.78, 5) is 15.5. The van der Waals surface area contributed by atoms with E-state index in [-0.39, 0.29) is 5.92 Å². The third-order valence-corrected chi connectivity index (χ3v) is 3.75. The van der Waals surface area contributed by atoms with Gasteiger partial charge in [0.1, 0.15) is 0 Å². The van der Waals surface area contributed by atoms with Crippen LogP contribution in [0.5, 0.6) is 0 Å².